The Morgan fingerprint density at radius 2 is 2.13 bits per heavy atom. The molecular formula is C11H13N3O. The van der Waals surface area contributed by atoms with Gasteiger partial charge in [-0.3, -0.25) is 9.69 Å². The van der Waals surface area contributed by atoms with E-state index in [0.717, 1.165) is 5.56 Å². The Hall–Kier alpha value is -1.84. The third-order valence-electron chi connectivity index (χ3n) is 2.48. The standard InChI is InChI=1S/C11H13N3O/c1-8(15)14-7-10(13-11(14)12)9-5-3-2-4-6-9/h2-6,10H,7H2,1H3,(H2,12,13). The van der Waals surface area contributed by atoms with E-state index in [4.69, 9.17) is 5.73 Å². The second-order valence-electron chi connectivity index (χ2n) is 3.54. The SMILES string of the molecule is CC(=O)N1CC(c2ccccc2)N=C1N. The van der Waals surface area contributed by atoms with Crippen LogP contribution in [0.4, 0.5) is 0 Å². The molecule has 78 valence electrons. The highest BCUT2D eigenvalue weighted by Crippen LogP contribution is 2.23. The minimum atomic E-state index is -0.0605. The van der Waals surface area contributed by atoms with Gasteiger partial charge in [-0.15, -0.1) is 0 Å². The Bertz CT molecular complexity index is 400. The summed E-state index contributed by atoms with van der Waals surface area (Å²) in [6.45, 7) is 2.04. The Balaban J connectivity index is 2.20. The van der Waals surface area contributed by atoms with E-state index >= 15 is 0 Å². The summed E-state index contributed by atoms with van der Waals surface area (Å²) in [5.74, 6) is 0.256. The van der Waals surface area contributed by atoms with Gasteiger partial charge in [0.2, 0.25) is 5.91 Å². The number of hydrogen-bond donors (Lipinski definition) is 1. The molecule has 0 radical (unpaired) electrons. The largest absolute Gasteiger partial charge is 0.369 e. The number of carbonyl (C=O) groups excluding carboxylic acids is 1. The van der Waals surface area contributed by atoms with E-state index in [1.54, 1.807) is 0 Å². The molecule has 0 bridgehead atoms. The van der Waals surface area contributed by atoms with Crippen LogP contribution in [0.5, 0.6) is 0 Å². The van der Waals surface area contributed by atoms with E-state index in [1.165, 1.54) is 11.8 Å². The number of benzene rings is 1. The number of nitrogens with zero attached hydrogens (tertiary/aromatic N) is 2. The van der Waals surface area contributed by atoms with Gasteiger partial charge in [0, 0.05) is 6.92 Å². The average molecular weight is 203 g/mol. The van der Waals surface area contributed by atoms with E-state index in [1.807, 2.05) is 30.3 Å². The summed E-state index contributed by atoms with van der Waals surface area (Å²) in [4.78, 5) is 17.0. The fourth-order valence-corrected chi connectivity index (χ4v) is 1.68. The molecule has 1 aliphatic heterocycles. The summed E-state index contributed by atoms with van der Waals surface area (Å²) in [5.41, 5.74) is 6.75. The molecule has 0 spiro atoms. The van der Waals surface area contributed by atoms with Gasteiger partial charge in [0.15, 0.2) is 5.96 Å². The van der Waals surface area contributed by atoms with Gasteiger partial charge in [-0.1, -0.05) is 30.3 Å². The molecule has 15 heavy (non-hydrogen) atoms. The molecule has 1 aromatic carbocycles. The van der Waals surface area contributed by atoms with Crippen molar-refractivity contribution in [1.82, 2.24) is 4.90 Å². The minimum absolute atomic E-state index is 0.0184. The maximum absolute atomic E-state index is 11.2. The number of guanidine groups is 1. The third kappa shape index (κ3) is 1.83. The number of aliphatic imine (C=N–C) groups is 1. The molecule has 0 saturated heterocycles. The van der Waals surface area contributed by atoms with Crippen molar-refractivity contribution in [3.05, 3.63) is 35.9 Å². The molecule has 0 aromatic heterocycles. The van der Waals surface area contributed by atoms with Crippen LogP contribution in [0.3, 0.4) is 0 Å². The van der Waals surface area contributed by atoms with Crippen LogP contribution in [-0.2, 0) is 4.79 Å². The third-order valence-corrected chi connectivity index (χ3v) is 2.48. The fraction of sp³-hybridized carbons (Fsp3) is 0.273. The summed E-state index contributed by atoms with van der Waals surface area (Å²) < 4.78 is 0. The maximum atomic E-state index is 11.2. The molecule has 2 rings (SSSR count). The van der Waals surface area contributed by atoms with Crippen molar-refractivity contribution in [2.45, 2.75) is 13.0 Å². The molecule has 0 fully saturated rings. The van der Waals surface area contributed by atoms with Gasteiger partial charge in [-0.25, -0.2) is 4.99 Å². The van der Waals surface area contributed by atoms with Gasteiger partial charge < -0.3 is 5.73 Å². The number of nitrogens with two attached hydrogens (primary N) is 1. The van der Waals surface area contributed by atoms with Crippen LogP contribution in [-0.4, -0.2) is 23.3 Å². The molecule has 1 unspecified atom stereocenters. The van der Waals surface area contributed by atoms with Crippen LogP contribution in [0.15, 0.2) is 35.3 Å². The molecule has 4 heteroatoms. The molecule has 1 heterocycles. The molecule has 1 amide bonds. The Morgan fingerprint density at radius 1 is 1.47 bits per heavy atom. The zero-order valence-corrected chi connectivity index (χ0v) is 8.55. The number of rotatable bonds is 1. The molecule has 0 saturated carbocycles. The highest BCUT2D eigenvalue weighted by molar-refractivity contribution is 5.96. The summed E-state index contributed by atoms with van der Waals surface area (Å²) in [7, 11) is 0. The fourth-order valence-electron chi connectivity index (χ4n) is 1.68. The lowest BCUT2D eigenvalue weighted by atomic mass is 10.1. The summed E-state index contributed by atoms with van der Waals surface area (Å²) in [6.07, 6.45) is 0. The zero-order chi connectivity index (χ0) is 10.8. The van der Waals surface area contributed by atoms with Gasteiger partial charge in [0.1, 0.15) is 0 Å². The van der Waals surface area contributed by atoms with Crippen LogP contribution in [0.1, 0.15) is 18.5 Å². The Kier molecular flexibility index (Phi) is 2.41. The van der Waals surface area contributed by atoms with E-state index in [2.05, 4.69) is 4.99 Å². The molecule has 2 N–H and O–H groups in total. The average Bonchev–Trinajstić information content (AvgIpc) is 2.62. The van der Waals surface area contributed by atoms with Gasteiger partial charge in [-0.05, 0) is 5.56 Å². The van der Waals surface area contributed by atoms with Gasteiger partial charge in [-0.2, -0.15) is 0 Å². The number of hydrogen-bond acceptors (Lipinski definition) is 3. The number of amides is 1. The van der Waals surface area contributed by atoms with Gasteiger partial charge >= 0.3 is 0 Å². The van der Waals surface area contributed by atoms with Crippen molar-refractivity contribution in [3.8, 4) is 0 Å². The van der Waals surface area contributed by atoms with E-state index in [0.29, 0.717) is 12.5 Å². The minimum Gasteiger partial charge on any atom is -0.369 e. The molecule has 0 aliphatic carbocycles. The lowest BCUT2D eigenvalue weighted by Crippen LogP contribution is -2.37. The predicted octanol–water partition coefficient (Wildman–Crippen LogP) is 0.905. The van der Waals surface area contributed by atoms with Gasteiger partial charge in [0.25, 0.3) is 0 Å². The van der Waals surface area contributed by atoms with E-state index in [-0.39, 0.29) is 11.9 Å². The van der Waals surface area contributed by atoms with Crippen LogP contribution >= 0.6 is 0 Å². The first-order valence-electron chi connectivity index (χ1n) is 4.85. The van der Waals surface area contributed by atoms with Crippen molar-refractivity contribution in [2.75, 3.05) is 6.54 Å². The molecule has 1 aliphatic rings. The first kappa shape index (κ1) is 9.71. The molecular weight excluding hydrogens is 190 g/mol. The van der Waals surface area contributed by atoms with Crippen LogP contribution < -0.4 is 5.73 Å². The van der Waals surface area contributed by atoms with Crippen LogP contribution in [0.2, 0.25) is 0 Å². The van der Waals surface area contributed by atoms with Crippen molar-refractivity contribution >= 4 is 11.9 Å². The lowest BCUT2D eigenvalue weighted by molar-refractivity contribution is -0.124. The van der Waals surface area contributed by atoms with E-state index < -0.39 is 0 Å². The monoisotopic (exact) mass is 203 g/mol. The van der Waals surface area contributed by atoms with Crippen molar-refractivity contribution < 1.29 is 4.79 Å². The second kappa shape index (κ2) is 3.73. The van der Waals surface area contributed by atoms with Gasteiger partial charge in [0.05, 0.1) is 12.6 Å². The smallest absolute Gasteiger partial charge is 0.226 e. The van der Waals surface area contributed by atoms with Crippen LogP contribution in [0.25, 0.3) is 0 Å². The van der Waals surface area contributed by atoms with Crippen molar-refractivity contribution in [2.24, 2.45) is 10.7 Å². The number of carbonyl (C=O) groups is 1. The van der Waals surface area contributed by atoms with Crippen molar-refractivity contribution in [1.29, 1.82) is 0 Å². The predicted molar refractivity (Wildman–Crippen MR) is 58.2 cm³/mol. The molecule has 1 aromatic rings. The summed E-state index contributed by atoms with van der Waals surface area (Å²) in [5, 5.41) is 0. The topological polar surface area (TPSA) is 58.7 Å². The molecule has 1 atom stereocenters. The molecule has 4 nitrogen and oxygen atoms in total. The normalized spacial score (nSPS) is 20.2. The highest BCUT2D eigenvalue weighted by atomic mass is 16.2. The van der Waals surface area contributed by atoms with Crippen LogP contribution in [0, 0.1) is 0 Å². The lowest BCUT2D eigenvalue weighted by Gasteiger charge is -2.13. The van der Waals surface area contributed by atoms with E-state index in [9.17, 15) is 4.79 Å². The first-order valence-corrected chi connectivity index (χ1v) is 4.85. The quantitative estimate of drug-likeness (QED) is 0.737. The highest BCUT2D eigenvalue weighted by Gasteiger charge is 2.26. The summed E-state index contributed by atoms with van der Waals surface area (Å²) in [6, 6.07) is 9.83. The zero-order valence-electron chi connectivity index (χ0n) is 8.55. The maximum Gasteiger partial charge on any atom is 0.226 e. The Morgan fingerprint density at radius 3 is 2.67 bits per heavy atom. The first-order chi connectivity index (χ1) is 7.18. The van der Waals surface area contributed by atoms with Crippen molar-refractivity contribution in [3.63, 3.8) is 0 Å². The second-order valence-corrected chi connectivity index (χ2v) is 3.54. The Labute approximate surface area is 88.4 Å². The summed E-state index contributed by atoms with van der Waals surface area (Å²) >= 11 is 0.